The monoisotopic (exact) mass is 486 g/mol. The predicted molar refractivity (Wildman–Crippen MR) is 148 cm³/mol. The first-order valence-electron chi connectivity index (χ1n) is 11.2. The van der Waals surface area contributed by atoms with E-state index in [9.17, 15) is 9.59 Å². The standard InChI is InChI=1S/C26H30N8O2/c1-27-23(28-2)17-8-12-19(13-9-17)31-25(35)33-21-6-5-7-22(16-21)34-26(36)32-20-14-10-18(11-15-20)24(29-3)30-4/h5-16H,1-4H3,(H,27,28)(H,29,30)(H2,31,33,35)(H2,32,34,36). The molecule has 0 aliphatic carbocycles. The predicted octanol–water partition coefficient (Wildman–Crippen LogP) is 4.17. The summed E-state index contributed by atoms with van der Waals surface area (Å²) in [4.78, 5) is 33.2. The molecule has 0 atom stereocenters. The number of hydrogen-bond donors (Lipinski definition) is 6. The molecule has 0 saturated carbocycles. The highest BCUT2D eigenvalue weighted by molar-refractivity contribution is 6.03. The van der Waals surface area contributed by atoms with Gasteiger partial charge in [-0.3, -0.25) is 9.98 Å². The summed E-state index contributed by atoms with van der Waals surface area (Å²) in [5.41, 5.74) is 4.15. The van der Waals surface area contributed by atoms with Gasteiger partial charge in [0.1, 0.15) is 11.7 Å². The summed E-state index contributed by atoms with van der Waals surface area (Å²) in [5.74, 6) is 1.51. The molecule has 0 spiro atoms. The van der Waals surface area contributed by atoms with Gasteiger partial charge in [0.05, 0.1) is 0 Å². The van der Waals surface area contributed by atoms with Gasteiger partial charge in [0.25, 0.3) is 0 Å². The highest BCUT2D eigenvalue weighted by Crippen LogP contribution is 2.17. The van der Waals surface area contributed by atoms with Crippen LogP contribution >= 0.6 is 0 Å². The average Bonchev–Trinajstić information content (AvgIpc) is 2.87. The van der Waals surface area contributed by atoms with E-state index in [1.807, 2.05) is 24.3 Å². The lowest BCUT2D eigenvalue weighted by atomic mass is 10.2. The molecule has 3 aromatic carbocycles. The number of carbonyl (C=O) groups is 2. The third kappa shape index (κ3) is 7.07. The summed E-state index contributed by atoms with van der Waals surface area (Å²) in [6, 6.07) is 20.7. The molecule has 3 aromatic rings. The van der Waals surface area contributed by atoms with Crippen LogP contribution < -0.4 is 31.9 Å². The van der Waals surface area contributed by atoms with Crippen molar-refractivity contribution in [3.05, 3.63) is 83.9 Å². The molecule has 0 aliphatic heterocycles. The van der Waals surface area contributed by atoms with Crippen LogP contribution in [-0.2, 0) is 0 Å². The van der Waals surface area contributed by atoms with Gasteiger partial charge in [-0.25, -0.2) is 9.59 Å². The molecule has 0 aliphatic rings. The summed E-state index contributed by atoms with van der Waals surface area (Å²) in [6.45, 7) is 0. The lowest BCUT2D eigenvalue weighted by Crippen LogP contribution is -2.21. The molecule has 3 rings (SSSR count). The van der Waals surface area contributed by atoms with Crippen LogP contribution in [-0.4, -0.2) is 51.9 Å². The number of benzene rings is 3. The summed E-state index contributed by atoms with van der Waals surface area (Å²) < 4.78 is 0. The van der Waals surface area contributed by atoms with Gasteiger partial charge >= 0.3 is 12.1 Å². The van der Waals surface area contributed by atoms with E-state index in [0.717, 1.165) is 22.8 Å². The fraction of sp³-hybridized carbons (Fsp3) is 0.154. The van der Waals surface area contributed by atoms with E-state index in [2.05, 4.69) is 41.9 Å². The van der Waals surface area contributed by atoms with Crippen LogP contribution in [0.1, 0.15) is 11.1 Å². The smallest absolute Gasteiger partial charge is 0.323 e. The number of rotatable bonds is 6. The Morgan fingerprint density at radius 2 is 0.917 bits per heavy atom. The number of nitrogens with one attached hydrogen (secondary N) is 6. The Labute approximate surface area is 210 Å². The number of amidine groups is 2. The van der Waals surface area contributed by atoms with Crippen LogP contribution in [0.3, 0.4) is 0 Å². The number of hydrogen-bond acceptors (Lipinski definition) is 4. The number of anilines is 4. The van der Waals surface area contributed by atoms with Crippen molar-refractivity contribution in [2.24, 2.45) is 9.98 Å². The van der Waals surface area contributed by atoms with E-state index >= 15 is 0 Å². The number of urea groups is 2. The van der Waals surface area contributed by atoms with E-state index in [-0.39, 0.29) is 0 Å². The third-order valence-electron chi connectivity index (χ3n) is 5.13. The maximum absolute atomic E-state index is 12.4. The lowest BCUT2D eigenvalue weighted by molar-refractivity contribution is 0.261. The van der Waals surface area contributed by atoms with Gasteiger partial charge in [-0.05, 0) is 66.7 Å². The Balaban J connectivity index is 1.55. The second-order valence-electron chi connectivity index (χ2n) is 7.54. The van der Waals surface area contributed by atoms with Gasteiger partial charge in [-0.2, -0.15) is 0 Å². The van der Waals surface area contributed by atoms with Gasteiger partial charge < -0.3 is 31.9 Å². The van der Waals surface area contributed by atoms with Crippen LogP contribution in [0.15, 0.2) is 82.8 Å². The van der Waals surface area contributed by atoms with E-state index < -0.39 is 12.1 Å². The summed E-state index contributed by atoms with van der Waals surface area (Å²) >= 11 is 0. The van der Waals surface area contributed by atoms with Gasteiger partial charge in [0.15, 0.2) is 0 Å². The minimum atomic E-state index is -0.404. The number of nitrogens with zero attached hydrogens (tertiary/aromatic N) is 2. The molecule has 10 heteroatoms. The van der Waals surface area contributed by atoms with Crippen molar-refractivity contribution in [1.29, 1.82) is 0 Å². The first-order chi connectivity index (χ1) is 17.4. The fourth-order valence-corrected chi connectivity index (χ4v) is 3.45. The third-order valence-corrected chi connectivity index (χ3v) is 5.13. The Bertz CT molecular complexity index is 1160. The molecule has 36 heavy (non-hydrogen) atoms. The zero-order valence-corrected chi connectivity index (χ0v) is 20.6. The number of amides is 4. The topological polar surface area (TPSA) is 131 Å². The number of aliphatic imine (C=N–C) groups is 2. The zero-order chi connectivity index (χ0) is 25.9. The molecule has 0 heterocycles. The molecular formula is C26H30N8O2. The van der Waals surface area contributed by atoms with Crippen molar-refractivity contribution in [2.75, 3.05) is 49.5 Å². The van der Waals surface area contributed by atoms with Crippen molar-refractivity contribution >= 4 is 46.5 Å². The number of carbonyl (C=O) groups excluding carboxylic acids is 2. The SMILES string of the molecule is CN=C(NC)c1ccc(NC(=O)Nc2cccc(NC(=O)Nc3ccc(C(=NC)NC)cc3)c2)cc1. The molecule has 4 amide bonds. The van der Waals surface area contributed by atoms with Gasteiger partial charge in [-0.15, -0.1) is 0 Å². The molecule has 0 unspecified atom stereocenters. The van der Waals surface area contributed by atoms with Gasteiger partial charge in [-0.1, -0.05) is 6.07 Å². The molecule has 0 radical (unpaired) electrons. The summed E-state index contributed by atoms with van der Waals surface area (Å²) in [6.07, 6.45) is 0. The molecule has 186 valence electrons. The van der Waals surface area contributed by atoms with Crippen molar-refractivity contribution in [1.82, 2.24) is 10.6 Å². The average molecular weight is 487 g/mol. The molecule has 0 saturated heterocycles. The largest absolute Gasteiger partial charge is 0.373 e. The Hall–Kier alpha value is -4.86. The first-order valence-corrected chi connectivity index (χ1v) is 11.2. The van der Waals surface area contributed by atoms with Crippen molar-refractivity contribution in [2.45, 2.75) is 0 Å². The highest BCUT2D eigenvalue weighted by Gasteiger charge is 2.08. The van der Waals surface area contributed by atoms with Crippen molar-refractivity contribution in [3.63, 3.8) is 0 Å². The van der Waals surface area contributed by atoms with E-state index in [4.69, 9.17) is 0 Å². The van der Waals surface area contributed by atoms with Crippen molar-refractivity contribution in [3.8, 4) is 0 Å². The minimum Gasteiger partial charge on any atom is -0.373 e. The molecule has 10 nitrogen and oxygen atoms in total. The Kier molecular flexibility index (Phi) is 8.99. The van der Waals surface area contributed by atoms with Crippen LogP contribution in [0.4, 0.5) is 32.3 Å². The summed E-state index contributed by atoms with van der Waals surface area (Å²) in [7, 11) is 7.01. The minimum absolute atomic E-state index is 0.404. The Morgan fingerprint density at radius 1 is 0.556 bits per heavy atom. The normalized spacial score (nSPS) is 11.3. The van der Waals surface area contributed by atoms with Gasteiger partial charge in [0.2, 0.25) is 0 Å². The van der Waals surface area contributed by atoms with Crippen molar-refractivity contribution < 1.29 is 9.59 Å². The van der Waals surface area contributed by atoms with Crippen LogP contribution in [0.25, 0.3) is 0 Å². The maximum atomic E-state index is 12.4. The molecule has 0 fully saturated rings. The van der Waals surface area contributed by atoms with Crippen LogP contribution in [0.5, 0.6) is 0 Å². The van der Waals surface area contributed by atoms with Crippen LogP contribution in [0.2, 0.25) is 0 Å². The molecule has 6 N–H and O–H groups in total. The highest BCUT2D eigenvalue weighted by atomic mass is 16.2. The van der Waals surface area contributed by atoms with Gasteiger partial charge in [0, 0.05) is 62.1 Å². The Morgan fingerprint density at radius 3 is 1.25 bits per heavy atom. The fourth-order valence-electron chi connectivity index (χ4n) is 3.45. The molecule has 0 bridgehead atoms. The molecular weight excluding hydrogens is 456 g/mol. The van der Waals surface area contributed by atoms with E-state index in [0.29, 0.717) is 22.7 Å². The van der Waals surface area contributed by atoms with E-state index in [1.165, 1.54) is 0 Å². The molecule has 0 aromatic heterocycles. The zero-order valence-electron chi connectivity index (χ0n) is 20.6. The second kappa shape index (κ2) is 12.6. The second-order valence-corrected chi connectivity index (χ2v) is 7.54. The summed E-state index contributed by atoms with van der Waals surface area (Å²) in [5, 5.41) is 17.1. The lowest BCUT2D eigenvalue weighted by Gasteiger charge is -2.12. The first kappa shape index (κ1) is 25.8. The van der Waals surface area contributed by atoms with E-state index in [1.54, 1.807) is 76.7 Å². The van der Waals surface area contributed by atoms with Crippen LogP contribution in [0, 0.1) is 0 Å². The maximum Gasteiger partial charge on any atom is 0.323 e. The quantitative estimate of drug-likeness (QED) is 0.231.